The van der Waals surface area contributed by atoms with Crippen molar-refractivity contribution in [3.8, 4) is 11.5 Å². The summed E-state index contributed by atoms with van der Waals surface area (Å²) in [4.78, 5) is 2.27. The number of nitrogens with one attached hydrogen (secondary N) is 1. The monoisotopic (exact) mass is 445 g/mol. The third-order valence-electron chi connectivity index (χ3n) is 4.68. The largest absolute Gasteiger partial charge is 0.490 e. The molecule has 1 N–H and O–H groups in total. The summed E-state index contributed by atoms with van der Waals surface area (Å²) in [5.41, 5.74) is 0. The van der Waals surface area contributed by atoms with Crippen LogP contribution in [0.15, 0.2) is 23.1 Å². The van der Waals surface area contributed by atoms with Gasteiger partial charge in [-0.25, -0.2) is 8.42 Å². The summed E-state index contributed by atoms with van der Waals surface area (Å²) in [7, 11) is -3.58. The van der Waals surface area contributed by atoms with Gasteiger partial charge in [0.2, 0.25) is 10.0 Å². The molecule has 0 saturated carbocycles. The van der Waals surface area contributed by atoms with E-state index < -0.39 is 10.0 Å². The van der Waals surface area contributed by atoms with Crippen LogP contribution >= 0.6 is 24.0 Å². The second-order valence-corrected chi connectivity index (χ2v) is 9.94. The van der Waals surface area contributed by atoms with E-state index in [1.807, 2.05) is 16.7 Å². The molecule has 28 heavy (non-hydrogen) atoms. The Hall–Kier alpha value is -1.23. The molecule has 2 aliphatic heterocycles. The fourth-order valence-electron chi connectivity index (χ4n) is 3.11. The Morgan fingerprint density at radius 1 is 1.18 bits per heavy atom. The minimum absolute atomic E-state index is 0.239. The first-order valence-electron chi connectivity index (χ1n) is 9.44. The molecule has 0 aromatic heterocycles. The van der Waals surface area contributed by atoms with Crippen LogP contribution < -0.4 is 14.8 Å². The van der Waals surface area contributed by atoms with Crippen molar-refractivity contribution in [3.05, 3.63) is 18.2 Å². The van der Waals surface area contributed by atoms with Crippen LogP contribution in [0.4, 0.5) is 0 Å². The van der Waals surface area contributed by atoms with Gasteiger partial charge in [-0.3, -0.25) is 0 Å². The van der Waals surface area contributed by atoms with Gasteiger partial charge in [0.05, 0.1) is 18.1 Å². The Balaban J connectivity index is 1.59. The average molecular weight is 446 g/mol. The zero-order valence-electron chi connectivity index (χ0n) is 16.1. The lowest BCUT2D eigenvalue weighted by atomic mass is 10.3. The van der Waals surface area contributed by atoms with Crippen LogP contribution in [0.1, 0.15) is 12.8 Å². The maximum absolute atomic E-state index is 13.0. The molecular formula is C18H27N3O4S3. The zero-order valence-corrected chi connectivity index (χ0v) is 18.5. The van der Waals surface area contributed by atoms with Gasteiger partial charge in [0, 0.05) is 45.2 Å². The highest BCUT2D eigenvalue weighted by Gasteiger charge is 2.30. The van der Waals surface area contributed by atoms with E-state index in [0.717, 1.165) is 25.1 Å². The molecular weight excluding hydrogens is 418 g/mol. The van der Waals surface area contributed by atoms with Crippen molar-refractivity contribution in [1.29, 1.82) is 0 Å². The summed E-state index contributed by atoms with van der Waals surface area (Å²) in [5.74, 6) is 2.18. The number of benzene rings is 1. The van der Waals surface area contributed by atoms with Gasteiger partial charge in [0.25, 0.3) is 0 Å². The van der Waals surface area contributed by atoms with Crippen molar-refractivity contribution in [3.63, 3.8) is 0 Å². The topological polar surface area (TPSA) is 71.1 Å². The summed E-state index contributed by atoms with van der Waals surface area (Å²) in [6.07, 6.45) is 3.92. The molecule has 0 amide bonds. The van der Waals surface area contributed by atoms with E-state index in [1.165, 1.54) is 4.31 Å². The van der Waals surface area contributed by atoms with Gasteiger partial charge >= 0.3 is 0 Å². The number of rotatable bonds is 6. The SMILES string of the molecule is CSCCCNC(=S)N1CCN(S(=O)(=O)c2ccc3c(c2)OCCCO3)CC1. The van der Waals surface area contributed by atoms with Crippen LogP contribution in [0.25, 0.3) is 0 Å². The third kappa shape index (κ3) is 5.22. The van der Waals surface area contributed by atoms with E-state index in [4.69, 9.17) is 21.7 Å². The Labute approximate surface area is 176 Å². The number of thioether (sulfide) groups is 1. The summed E-state index contributed by atoms with van der Waals surface area (Å²) in [6, 6.07) is 4.84. The number of sulfonamides is 1. The molecule has 2 aliphatic rings. The van der Waals surface area contributed by atoms with Crippen molar-refractivity contribution < 1.29 is 17.9 Å². The minimum atomic E-state index is -3.58. The number of hydrogen-bond acceptors (Lipinski definition) is 6. The predicted molar refractivity (Wildman–Crippen MR) is 116 cm³/mol. The smallest absolute Gasteiger partial charge is 0.243 e. The van der Waals surface area contributed by atoms with E-state index in [2.05, 4.69) is 11.6 Å². The van der Waals surface area contributed by atoms with Crippen LogP contribution in [-0.4, -0.2) is 80.7 Å². The minimum Gasteiger partial charge on any atom is -0.490 e. The van der Waals surface area contributed by atoms with Crippen LogP contribution in [-0.2, 0) is 10.0 Å². The van der Waals surface area contributed by atoms with Crippen molar-refractivity contribution in [2.75, 3.05) is 57.9 Å². The van der Waals surface area contributed by atoms with Gasteiger partial charge < -0.3 is 19.7 Å². The standard InChI is InChI=1S/C18H27N3O4S3/c1-27-13-2-6-19-18(26)20-7-9-21(10-8-20)28(22,23)15-4-5-16-17(14-15)25-12-3-11-24-16/h4-5,14H,2-3,6-13H2,1H3,(H,19,26). The fraction of sp³-hybridized carbons (Fsp3) is 0.611. The first-order valence-corrected chi connectivity index (χ1v) is 12.7. The summed E-state index contributed by atoms with van der Waals surface area (Å²) >= 11 is 7.25. The molecule has 1 fully saturated rings. The van der Waals surface area contributed by atoms with Crippen molar-refractivity contribution >= 4 is 39.1 Å². The molecule has 156 valence electrons. The second-order valence-electron chi connectivity index (χ2n) is 6.63. The predicted octanol–water partition coefficient (Wildman–Crippen LogP) is 1.78. The molecule has 7 nitrogen and oxygen atoms in total. The lowest BCUT2D eigenvalue weighted by molar-refractivity contribution is 0.264. The molecule has 0 bridgehead atoms. The van der Waals surface area contributed by atoms with Gasteiger partial charge in [-0.15, -0.1) is 0 Å². The molecule has 2 heterocycles. The van der Waals surface area contributed by atoms with Gasteiger partial charge in [-0.1, -0.05) is 0 Å². The van der Waals surface area contributed by atoms with Crippen LogP contribution in [0.5, 0.6) is 11.5 Å². The molecule has 0 aliphatic carbocycles. The normalized spacial score (nSPS) is 17.8. The second kappa shape index (κ2) is 10.00. The molecule has 3 rings (SSSR count). The lowest BCUT2D eigenvalue weighted by Crippen LogP contribution is -2.53. The zero-order chi connectivity index (χ0) is 20.0. The highest BCUT2D eigenvalue weighted by molar-refractivity contribution is 7.98. The van der Waals surface area contributed by atoms with Crippen LogP contribution in [0.3, 0.4) is 0 Å². The van der Waals surface area contributed by atoms with E-state index in [0.29, 0.717) is 56.0 Å². The van der Waals surface area contributed by atoms with Crippen molar-refractivity contribution in [2.45, 2.75) is 17.7 Å². The van der Waals surface area contributed by atoms with Gasteiger partial charge in [0.1, 0.15) is 0 Å². The Morgan fingerprint density at radius 3 is 2.61 bits per heavy atom. The highest BCUT2D eigenvalue weighted by Crippen LogP contribution is 2.33. The summed E-state index contributed by atoms with van der Waals surface area (Å²) in [5, 5.41) is 3.96. The first kappa shape index (κ1) is 21.5. The van der Waals surface area contributed by atoms with Crippen molar-refractivity contribution in [2.24, 2.45) is 0 Å². The quantitative estimate of drug-likeness (QED) is 0.525. The van der Waals surface area contributed by atoms with E-state index in [1.54, 1.807) is 18.2 Å². The number of ether oxygens (including phenoxy) is 2. The van der Waals surface area contributed by atoms with Crippen LogP contribution in [0.2, 0.25) is 0 Å². The lowest BCUT2D eigenvalue weighted by Gasteiger charge is -2.35. The average Bonchev–Trinajstić information content (AvgIpc) is 2.96. The Bertz CT molecular complexity index is 780. The summed E-state index contributed by atoms with van der Waals surface area (Å²) in [6.45, 7) is 3.92. The number of fused-ring (bicyclic) bond motifs is 1. The molecule has 1 aromatic carbocycles. The van der Waals surface area contributed by atoms with Crippen molar-refractivity contribution in [1.82, 2.24) is 14.5 Å². The van der Waals surface area contributed by atoms with E-state index in [9.17, 15) is 8.42 Å². The fourth-order valence-corrected chi connectivity index (χ4v) is 5.26. The Kier molecular flexibility index (Phi) is 7.67. The Morgan fingerprint density at radius 2 is 1.89 bits per heavy atom. The van der Waals surface area contributed by atoms with Gasteiger partial charge in [-0.2, -0.15) is 16.1 Å². The molecule has 10 heteroatoms. The number of piperazine rings is 1. The summed E-state index contributed by atoms with van der Waals surface area (Å²) < 4.78 is 38.8. The first-order chi connectivity index (χ1) is 13.5. The van der Waals surface area contributed by atoms with E-state index in [-0.39, 0.29) is 4.90 Å². The molecule has 0 atom stereocenters. The molecule has 1 saturated heterocycles. The maximum Gasteiger partial charge on any atom is 0.243 e. The highest BCUT2D eigenvalue weighted by atomic mass is 32.2. The molecule has 1 aromatic rings. The number of hydrogen-bond donors (Lipinski definition) is 1. The van der Waals surface area contributed by atoms with Gasteiger partial charge in [-0.05, 0) is 42.8 Å². The molecule has 0 unspecified atom stereocenters. The van der Waals surface area contributed by atoms with E-state index >= 15 is 0 Å². The number of thiocarbonyl (C=S) groups is 1. The molecule has 0 spiro atoms. The number of nitrogens with zero attached hydrogens (tertiary/aromatic N) is 2. The molecule has 0 radical (unpaired) electrons. The van der Waals surface area contributed by atoms with Crippen LogP contribution in [0, 0.1) is 0 Å². The van der Waals surface area contributed by atoms with Gasteiger partial charge in [0.15, 0.2) is 16.6 Å². The maximum atomic E-state index is 13.0. The third-order valence-corrected chi connectivity index (χ3v) is 7.68.